The lowest BCUT2D eigenvalue weighted by atomic mass is 10.0. The van der Waals surface area contributed by atoms with Crippen LogP contribution in [-0.2, 0) is 6.54 Å². The maximum atomic E-state index is 13.8. The van der Waals surface area contributed by atoms with Crippen molar-refractivity contribution in [3.05, 3.63) is 59.2 Å². The zero-order valence-electron chi connectivity index (χ0n) is 12.0. The van der Waals surface area contributed by atoms with Gasteiger partial charge in [-0.05, 0) is 29.7 Å². The highest BCUT2D eigenvalue weighted by Gasteiger charge is 2.09. The van der Waals surface area contributed by atoms with Crippen LogP contribution in [0.2, 0.25) is 0 Å². The topological polar surface area (TPSA) is 12.0 Å². The summed E-state index contributed by atoms with van der Waals surface area (Å²) in [7, 11) is 0. The fourth-order valence-electron chi connectivity index (χ4n) is 2.00. The normalized spacial score (nSPS) is 11.1. The zero-order chi connectivity index (χ0) is 14.7. The molecule has 0 aliphatic heterocycles. The van der Waals surface area contributed by atoms with Crippen molar-refractivity contribution in [3.8, 4) is 11.1 Å². The fourth-order valence-corrected chi connectivity index (χ4v) is 2.00. The molecule has 1 nitrogen and oxygen atoms in total. The first kappa shape index (κ1) is 14.7. The van der Waals surface area contributed by atoms with Gasteiger partial charge in [0.1, 0.15) is 11.6 Å². The van der Waals surface area contributed by atoms with Crippen LogP contribution in [0.5, 0.6) is 0 Å². The SMILES string of the molecule is Cc1cc(-c2ccc(CNC(C)C)cc2)c(F)cc1F. The minimum atomic E-state index is -0.527. The van der Waals surface area contributed by atoms with E-state index in [9.17, 15) is 8.78 Å². The van der Waals surface area contributed by atoms with Crippen molar-refractivity contribution in [1.82, 2.24) is 5.32 Å². The third-order valence-electron chi connectivity index (χ3n) is 3.23. The van der Waals surface area contributed by atoms with Gasteiger partial charge >= 0.3 is 0 Å². The number of benzene rings is 2. The summed E-state index contributed by atoms with van der Waals surface area (Å²) >= 11 is 0. The Morgan fingerprint density at radius 3 is 2.25 bits per heavy atom. The van der Waals surface area contributed by atoms with Gasteiger partial charge in [0, 0.05) is 24.2 Å². The van der Waals surface area contributed by atoms with Crippen molar-refractivity contribution in [2.24, 2.45) is 0 Å². The van der Waals surface area contributed by atoms with Gasteiger partial charge in [-0.2, -0.15) is 0 Å². The summed E-state index contributed by atoms with van der Waals surface area (Å²) in [6.45, 7) is 6.60. The Balaban J connectivity index is 2.24. The van der Waals surface area contributed by atoms with Gasteiger partial charge in [0.05, 0.1) is 0 Å². The molecular formula is C17H19F2N. The van der Waals surface area contributed by atoms with Crippen LogP contribution in [0.4, 0.5) is 8.78 Å². The number of hydrogen-bond donors (Lipinski definition) is 1. The van der Waals surface area contributed by atoms with E-state index in [0.717, 1.165) is 23.7 Å². The molecule has 0 aliphatic rings. The van der Waals surface area contributed by atoms with E-state index in [1.165, 1.54) is 0 Å². The number of halogens is 2. The quantitative estimate of drug-likeness (QED) is 0.870. The Hall–Kier alpha value is -1.74. The monoisotopic (exact) mass is 275 g/mol. The van der Waals surface area contributed by atoms with E-state index in [4.69, 9.17) is 0 Å². The predicted molar refractivity (Wildman–Crippen MR) is 78.5 cm³/mol. The van der Waals surface area contributed by atoms with E-state index < -0.39 is 11.6 Å². The summed E-state index contributed by atoms with van der Waals surface area (Å²) in [5, 5.41) is 3.33. The lowest BCUT2D eigenvalue weighted by molar-refractivity contribution is 0.579. The highest BCUT2D eigenvalue weighted by atomic mass is 19.1. The number of rotatable bonds is 4. The van der Waals surface area contributed by atoms with Crippen molar-refractivity contribution in [2.75, 3.05) is 0 Å². The van der Waals surface area contributed by atoms with Crippen LogP contribution < -0.4 is 5.32 Å². The summed E-state index contributed by atoms with van der Waals surface area (Å²) in [5.41, 5.74) is 2.79. The van der Waals surface area contributed by atoms with Crippen LogP contribution in [0, 0.1) is 18.6 Å². The summed E-state index contributed by atoms with van der Waals surface area (Å²) < 4.78 is 27.1. The average Bonchev–Trinajstić information content (AvgIpc) is 2.41. The molecule has 0 aliphatic carbocycles. The first-order valence-electron chi connectivity index (χ1n) is 6.75. The van der Waals surface area contributed by atoms with E-state index >= 15 is 0 Å². The van der Waals surface area contributed by atoms with Crippen LogP contribution >= 0.6 is 0 Å². The standard InChI is InChI=1S/C17H19F2N/c1-11(2)20-10-13-4-6-14(7-5-13)15-8-12(3)16(18)9-17(15)19/h4-9,11,20H,10H2,1-3H3. The summed E-state index contributed by atoms with van der Waals surface area (Å²) in [6.07, 6.45) is 0. The molecule has 0 heterocycles. The van der Waals surface area contributed by atoms with E-state index in [1.54, 1.807) is 13.0 Å². The second-order valence-electron chi connectivity index (χ2n) is 5.31. The lowest BCUT2D eigenvalue weighted by Crippen LogP contribution is -2.21. The molecule has 0 spiro atoms. The summed E-state index contributed by atoms with van der Waals surface area (Å²) in [4.78, 5) is 0. The smallest absolute Gasteiger partial charge is 0.133 e. The highest BCUT2D eigenvalue weighted by molar-refractivity contribution is 5.65. The molecule has 20 heavy (non-hydrogen) atoms. The van der Waals surface area contributed by atoms with Crippen LogP contribution in [0.15, 0.2) is 36.4 Å². The molecule has 0 saturated heterocycles. The number of hydrogen-bond acceptors (Lipinski definition) is 1. The van der Waals surface area contributed by atoms with Gasteiger partial charge in [-0.15, -0.1) is 0 Å². The Labute approximate surface area is 118 Å². The van der Waals surface area contributed by atoms with Crippen molar-refractivity contribution >= 4 is 0 Å². The van der Waals surface area contributed by atoms with E-state index in [-0.39, 0.29) is 0 Å². The molecule has 0 saturated carbocycles. The van der Waals surface area contributed by atoms with Gasteiger partial charge in [0.15, 0.2) is 0 Å². The Bertz CT molecular complexity index is 589. The molecular weight excluding hydrogens is 256 g/mol. The van der Waals surface area contributed by atoms with Gasteiger partial charge in [-0.1, -0.05) is 38.1 Å². The predicted octanol–water partition coefficient (Wildman–Crippen LogP) is 4.44. The molecule has 0 fully saturated rings. The zero-order valence-corrected chi connectivity index (χ0v) is 12.0. The first-order chi connectivity index (χ1) is 9.47. The highest BCUT2D eigenvalue weighted by Crippen LogP contribution is 2.25. The van der Waals surface area contributed by atoms with Gasteiger partial charge in [-0.25, -0.2) is 8.78 Å². The molecule has 2 aromatic rings. The molecule has 1 N–H and O–H groups in total. The van der Waals surface area contributed by atoms with Crippen LogP contribution in [0.1, 0.15) is 25.0 Å². The van der Waals surface area contributed by atoms with E-state index in [2.05, 4.69) is 19.2 Å². The molecule has 3 heteroatoms. The molecule has 0 aromatic heterocycles. The van der Waals surface area contributed by atoms with Crippen molar-refractivity contribution < 1.29 is 8.78 Å². The van der Waals surface area contributed by atoms with Crippen LogP contribution in [0.25, 0.3) is 11.1 Å². The minimum absolute atomic E-state index is 0.423. The minimum Gasteiger partial charge on any atom is -0.310 e. The third-order valence-corrected chi connectivity index (χ3v) is 3.23. The van der Waals surface area contributed by atoms with E-state index in [0.29, 0.717) is 17.2 Å². The molecule has 0 unspecified atom stereocenters. The Morgan fingerprint density at radius 1 is 1.00 bits per heavy atom. The average molecular weight is 275 g/mol. The van der Waals surface area contributed by atoms with Gasteiger partial charge in [-0.3, -0.25) is 0 Å². The molecule has 2 aromatic carbocycles. The molecule has 0 radical (unpaired) electrons. The molecule has 2 rings (SSSR count). The van der Waals surface area contributed by atoms with Crippen molar-refractivity contribution in [1.29, 1.82) is 0 Å². The third kappa shape index (κ3) is 3.42. The van der Waals surface area contributed by atoms with Gasteiger partial charge in [0.25, 0.3) is 0 Å². The van der Waals surface area contributed by atoms with Crippen molar-refractivity contribution in [2.45, 2.75) is 33.4 Å². The number of aryl methyl sites for hydroxylation is 1. The van der Waals surface area contributed by atoms with Gasteiger partial charge < -0.3 is 5.32 Å². The Morgan fingerprint density at radius 2 is 1.65 bits per heavy atom. The van der Waals surface area contributed by atoms with Crippen molar-refractivity contribution in [3.63, 3.8) is 0 Å². The molecule has 0 amide bonds. The maximum Gasteiger partial charge on any atom is 0.133 e. The first-order valence-corrected chi connectivity index (χ1v) is 6.75. The lowest BCUT2D eigenvalue weighted by Gasteiger charge is -2.10. The number of nitrogens with one attached hydrogen (secondary N) is 1. The molecule has 0 bridgehead atoms. The molecule has 0 atom stereocenters. The van der Waals surface area contributed by atoms with Crippen LogP contribution in [-0.4, -0.2) is 6.04 Å². The largest absolute Gasteiger partial charge is 0.310 e. The Kier molecular flexibility index (Phi) is 4.50. The fraction of sp³-hybridized carbons (Fsp3) is 0.294. The molecule has 106 valence electrons. The maximum absolute atomic E-state index is 13.8. The van der Waals surface area contributed by atoms with Gasteiger partial charge in [0.2, 0.25) is 0 Å². The second-order valence-corrected chi connectivity index (χ2v) is 5.31. The van der Waals surface area contributed by atoms with Crippen LogP contribution in [0.3, 0.4) is 0 Å². The second kappa shape index (κ2) is 6.14. The summed E-state index contributed by atoms with van der Waals surface area (Å²) in [6, 6.07) is 10.6. The van der Waals surface area contributed by atoms with E-state index in [1.807, 2.05) is 24.3 Å². The summed E-state index contributed by atoms with van der Waals surface area (Å²) in [5.74, 6) is -1.04.